The summed E-state index contributed by atoms with van der Waals surface area (Å²) in [4.78, 5) is 1.36. The lowest BCUT2D eigenvalue weighted by molar-refractivity contribution is -0.910. The smallest absolute Gasteiger partial charge is 0.276 e. The third-order valence-corrected chi connectivity index (χ3v) is 5.09. The van der Waals surface area contributed by atoms with Gasteiger partial charge in [0.15, 0.2) is 0 Å². The number of rotatable bonds is 8. The first kappa shape index (κ1) is 19.0. The first-order valence-electron chi connectivity index (χ1n) is 8.47. The van der Waals surface area contributed by atoms with E-state index in [-0.39, 0.29) is 0 Å². The number of aliphatic hydroxyl groups excluding tert-OH is 1. The first-order valence-corrected chi connectivity index (χ1v) is 9.45. The maximum atomic E-state index is 10.2. The van der Waals surface area contributed by atoms with Crippen LogP contribution in [-0.2, 0) is 4.74 Å². The predicted molar refractivity (Wildman–Crippen MR) is 96.0 cm³/mol. The molecule has 0 bridgehead atoms. The molecule has 1 saturated heterocycles. The molecule has 1 aromatic heterocycles. The molecule has 1 fully saturated rings. The quantitative estimate of drug-likeness (QED) is 0.623. The van der Waals surface area contributed by atoms with Gasteiger partial charge in [0, 0.05) is 17.4 Å². The van der Waals surface area contributed by atoms with Crippen LogP contribution in [0.2, 0.25) is 0 Å². The van der Waals surface area contributed by atoms with E-state index >= 15 is 0 Å². The SMILES string of the molecule is COc1cc(OC)cc(-c2nnc(SC[C@H](O)C[NH+]3CCOCC3)o2)c1. The van der Waals surface area contributed by atoms with Gasteiger partial charge in [0.25, 0.3) is 5.22 Å². The molecule has 2 aromatic rings. The van der Waals surface area contributed by atoms with Gasteiger partial charge in [0.1, 0.15) is 37.2 Å². The van der Waals surface area contributed by atoms with E-state index in [4.69, 9.17) is 18.6 Å². The molecule has 2 N–H and O–H groups in total. The third-order valence-electron chi connectivity index (χ3n) is 4.13. The van der Waals surface area contributed by atoms with Gasteiger partial charge in [0.2, 0.25) is 5.89 Å². The normalized spacial score (nSPS) is 16.4. The molecule has 0 unspecified atom stereocenters. The Morgan fingerprint density at radius 2 is 1.85 bits per heavy atom. The van der Waals surface area contributed by atoms with Crippen LogP contribution in [0.3, 0.4) is 0 Å². The van der Waals surface area contributed by atoms with E-state index in [0.717, 1.165) is 31.9 Å². The predicted octanol–water partition coefficient (Wildman–Crippen LogP) is 0.122. The number of quaternary nitrogens is 1. The summed E-state index contributed by atoms with van der Waals surface area (Å²) in [5.74, 6) is 2.19. The lowest BCUT2D eigenvalue weighted by atomic mass is 10.2. The molecule has 9 heteroatoms. The number of ether oxygens (including phenoxy) is 3. The number of hydrogen-bond donors (Lipinski definition) is 2. The van der Waals surface area contributed by atoms with Crippen molar-refractivity contribution in [1.82, 2.24) is 10.2 Å². The van der Waals surface area contributed by atoms with E-state index in [2.05, 4.69) is 10.2 Å². The lowest BCUT2D eigenvalue weighted by Crippen LogP contribution is -3.15. The highest BCUT2D eigenvalue weighted by atomic mass is 32.2. The second kappa shape index (κ2) is 9.22. The Bertz CT molecular complexity index is 683. The lowest BCUT2D eigenvalue weighted by Gasteiger charge is -2.25. The van der Waals surface area contributed by atoms with E-state index in [0.29, 0.717) is 34.9 Å². The summed E-state index contributed by atoms with van der Waals surface area (Å²) in [6.07, 6.45) is -0.430. The number of nitrogens with one attached hydrogen (secondary N) is 1. The molecule has 0 radical (unpaired) electrons. The van der Waals surface area contributed by atoms with Crippen LogP contribution in [0.4, 0.5) is 0 Å². The minimum absolute atomic E-state index is 0.387. The van der Waals surface area contributed by atoms with Crippen LogP contribution < -0.4 is 14.4 Å². The average molecular weight is 382 g/mol. The molecule has 1 atom stereocenters. The number of morpholine rings is 1. The van der Waals surface area contributed by atoms with Gasteiger partial charge in [-0.15, -0.1) is 10.2 Å². The molecule has 0 spiro atoms. The number of methoxy groups -OCH3 is 2. The summed E-state index contributed by atoms with van der Waals surface area (Å²) in [7, 11) is 3.18. The average Bonchev–Trinajstić information content (AvgIpc) is 3.16. The molecule has 0 saturated carbocycles. The van der Waals surface area contributed by atoms with E-state index in [1.54, 1.807) is 32.4 Å². The van der Waals surface area contributed by atoms with E-state index in [1.807, 2.05) is 0 Å². The molecule has 0 aliphatic carbocycles. The van der Waals surface area contributed by atoms with Crippen LogP contribution in [0.5, 0.6) is 11.5 Å². The van der Waals surface area contributed by atoms with Gasteiger partial charge in [-0.3, -0.25) is 0 Å². The third kappa shape index (κ3) is 5.10. The summed E-state index contributed by atoms with van der Waals surface area (Å²) < 4.78 is 21.5. The van der Waals surface area contributed by atoms with Crippen LogP contribution in [0.1, 0.15) is 0 Å². The van der Waals surface area contributed by atoms with Crippen LogP contribution in [-0.4, -0.2) is 74.2 Å². The van der Waals surface area contributed by atoms with Gasteiger partial charge < -0.3 is 28.6 Å². The zero-order chi connectivity index (χ0) is 18.4. The van der Waals surface area contributed by atoms with Gasteiger partial charge in [-0.2, -0.15) is 0 Å². The highest BCUT2D eigenvalue weighted by molar-refractivity contribution is 7.99. The number of thioether (sulfide) groups is 1. The number of nitrogens with zero attached hydrogens (tertiary/aromatic N) is 2. The minimum Gasteiger partial charge on any atom is -0.497 e. The second-order valence-electron chi connectivity index (χ2n) is 6.01. The van der Waals surface area contributed by atoms with Crippen molar-refractivity contribution < 1.29 is 28.6 Å². The Morgan fingerprint density at radius 3 is 2.50 bits per heavy atom. The zero-order valence-corrected chi connectivity index (χ0v) is 15.8. The monoisotopic (exact) mass is 382 g/mol. The van der Waals surface area contributed by atoms with E-state index in [1.165, 1.54) is 16.7 Å². The summed E-state index contributed by atoms with van der Waals surface area (Å²) in [5.41, 5.74) is 0.721. The molecular formula is C17H24N3O5S+. The Kier molecular flexibility index (Phi) is 6.73. The van der Waals surface area contributed by atoms with Crippen molar-refractivity contribution in [3.05, 3.63) is 18.2 Å². The molecule has 3 rings (SSSR count). The molecule has 26 heavy (non-hydrogen) atoms. The topological polar surface area (TPSA) is 91.3 Å². The molecular weight excluding hydrogens is 358 g/mol. The largest absolute Gasteiger partial charge is 0.497 e. The fraction of sp³-hybridized carbons (Fsp3) is 0.529. The first-order chi connectivity index (χ1) is 12.7. The van der Waals surface area contributed by atoms with Crippen LogP contribution in [0.15, 0.2) is 27.8 Å². The van der Waals surface area contributed by atoms with Crippen molar-refractivity contribution >= 4 is 11.8 Å². The highest BCUT2D eigenvalue weighted by Gasteiger charge is 2.19. The van der Waals surface area contributed by atoms with Gasteiger partial charge in [-0.05, 0) is 12.1 Å². The van der Waals surface area contributed by atoms with Crippen molar-refractivity contribution in [1.29, 1.82) is 0 Å². The highest BCUT2D eigenvalue weighted by Crippen LogP contribution is 2.30. The number of aliphatic hydroxyl groups is 1. The van der Waals surface area contributed by atoms with Crippen molar-refractivity contribution in [2.75, 3.05) is 52.8 Å². The fourth-order valence-corrected chi connectivity index (χ4v) is 3.43. The van der Waals surface area contributed by atoms with Crippen molar-refractivity contribution in [3.63, 3.8) is 0 Å². The molecule has 1 aliphatic rings. The fourth-order valence-electron chi connectivity index (χ4n) is 2.74. The minimum atomic E-state index is -0.430. The Balaban J connectivity index is 1.57. The van der Waals surface area contributed by atoms with Crippen molar-refractivity contribution in [3.8, 4) is 23.0 Å². The van der Waals surface area contributed by atoms with Gasteiger partial charge >= 0.3 is 0 Å². The van der Waals surface area contributed by atoms with E-state index in [9.17, 15) is 5.11 Å². The molecule has 1 aliphatic heterocycles. The van der Waals surface area contributed by atoms with Crippen LogP contribution in [0.25, 0.3) is 11.5 Å². The molecule has 0 amide bonds. The molecule has 2 heterocycles. The summed E-state index contributed by atoms with van der Waals surface area (Å²) in [6.45, 7) is 4.08. The number of benzene rings is 1. The summed E-state index contributed by atoms with van der Waals surface area (Å²) >= 11 is 1.36. The van der Waals surface area contributed by atoms with Crippen LogP contribution >= 0.6 is 11.8 Å². The molecule has 142 valence electrons. The second-order valence-corrected chi connectivity index (χ2v) is 6.98. The summed E-state index contributed by atoms with van der Waals surface area (Å²) in [5, 5.41) is 18.8. The maximum absolute atomic E-state index is 10.2. The van der Waals surface area contributed by atoms with Gasteiger partial charge in [-0.25, -0.2) is 0 Å². The molecule has 8 nitrogen and oxygen atoms in total. The van der Waals surface area contributed by atoms with Crippen LogP contribution in [0, 0.1) is 0 Å². The Labute approximate surface area is 156 Å². The number of aromatic nitrogens is 2. The van der Waals surface area contributed by atoms with E-state index < -0.39 is 6.10 Å². The standard InChI is InChI=1S/C17H23N3O5S/c1-22-14-7-12(8-15(9-14)23-2)16-18-19-17(25-16)26-11-13(21)10-20-3-5-24-6-4-20/h7-9,13,21H,3-6,10-11H2,1-2H3/p+1/t13-/m1/s1. The Morgan fingerprint density at radius 1 is 1.15 bits per heavy atom. The molecule has 1 aromatic carbocycles. The van der Waals surface area contributed by atoms with Crippen molar-refractivity contribution in [2.45, 2.75) is 11.3 Å². The number of hydrogen-bond acceptors (Lipinski definition) is 8. The maximum Gasteiger partial charge on any atom is 0.276 e. The zero-order valence-electron chi connectivity index (χ0n) is 14.9. The Hall–Kier alpha value is -1.81. The van der Waals surface area contributed by atoms with Gasteiger partial charge in [-0.1, -0.05) is 11.8 Å². The summed E-state index contributed by atoms with van der Waals surface area (Å²) in [6, 6.07) is 5.39. The van der Waals surface area contributed by atoms with Crippen molar-refractivity contribution in [2.24, 2.45) is 0 Å². The van der Waals surface area contributed by atoms with Gasteiger partial charge in [0.05, 0.1) is 27.4 Å².